The van der Waals surface area contributed by atoms with E-state index in [4.69, 9.17) is 33.2 Å². The fourth-order valence-electron chi connectivity index (χ4n) is 1.61. The van der Waals surface area contributed by atoms with Crippen LogP contribution in [0.5, 0.6) is 0 Å². The Labute approximate surface area is 115 Å². The third-order valence-corrected chi connectivity index (χ3v) is 4.28. The molecule has 0 bridgehead atoms. The number of allylic oxidation sites excluding steroid dienone is 1. The molecule has 0 spiro atoms. The van der Waals surface area contributed by atoms with Crippen molar-refractivity contribution >= 4 is 39.2 Å². The van der Waals surface area contributed by atoms with Gasteiger partial charge in [-0.05, 0) is 12.8 Å². The predicted molar refractivity (Wildman–Crippen MR) is 79.7 cm³/mol. The molecular formula is C12H23Cl3Si. The quantitative estimate of drug-likeness (QED) is 0.253. The summed E-state index contributed by atoms with van der Waals surface area (Å²) in [4.78, 5) is 0. The zero-order valence-electron chi connectivity index (χ0n) is 10.2. The lowest BCUT2D eigenvalue weighted by atomic mass is 10.1. The maximum Gasteiger partial charge on any atom is 0.365 e. The van der Waals surface area contributed by atoms with Gasteiger partial charge in [0.25, 0.3) is 0 Å². The van der Waals surface area contributed by atoms with Crippen LogP contribution >= 0.6 is 33.2 Å². The van der Waals surface area contributed by atoms with Crippen LogP contribution in [0.3, 0.4) is 0 Å². The van der Waals surface area contributed by atoms with E-state index in [-0.39, 0.29) is 0 Å². The van der Waals surface area contributed by atoms with Gasteiger partial charge in [0, 0.05) is 0 Å². The van der Waals surface area contributed by atoms with Crippen molar-refractivity contribution in [3.8, 4) is 0 Å². The summed E-state index contributed by atoms with van der Waals surface area (Å²) in [6.45, 7) is 2.25. The standard InChI is InChI=1S/C12H23Cl3Si/c1-2-3-4-5-6-7-8-9-10-11-12-16(13,14)15/h11-12H,2-10H2,1H3. The first-order valence-electron chi connectivity index (χ1n) is 6.30. The van der Waals surface area contributed by atoms with Crippen molar-refractivity contribution < 1.29 is 0 Å². The van der Waals surface area contributed by atoms with Gasteiger partial charge in [-0.15, -0.1) is 33.2 Å². The second kappa shape index (κ2) is 10.9. The van der Waals surface area contributed by atoms with E-state index >= 15 is 0 Å². The molecule has 0 heterocycles. The summed E-state index contributed by atoms with van der Waals surface area (Å²) in [5.74, 6) is 0. The van der Waals surface area contributed by atoms with Gasteiger partial charge in [0.1, 0.15) is 0 Å². The average Bonchev–Trinajstić information content (AvgIpc) is 2.19. The summed E-state index contributed by atoms with van der Waals surface area (Å²) < 4.78 is 0. The first-order valence-corrected chi connectivity index (χ1v) is 11.4. The minimum atomic E-state index is -2.51. The van der Waals surface area contributed by atoms with Crippen molar-refractivity contribution in [3.63, 3.8) is 0 Å². The largest absolute Gasteiger partial charge is 0.365 e. The second-order valence-corrected chi connectivity index (χ2v) is 12.7. The van der Waals surface area contributed by atoms with Gasteiger partial charge < -0.3 is 0 Å². The maximum atomic E-state index is 5.73. The molecule has 0 aliphatic heterocycles. The van der Waals surface area contributed by atoms with Gasteiger partial charge in [0.05, 0.1) is 0 Å². The topological polar surface area (TPSA) is 0 Å². The van der Waals surface area contributed by atoms with Crippen molar-refractivity contribution in [2.45, 2.75) is 64.7 Å². The van der Waals surface area contributed by atoms with E-state index in [1.165, 1.54) is 51.4 Å². The zero-order chi connectivity index (χ0) is 12.3. The highest BCUT2D eigenvalue weighted by atomic mass is 35.8. The molecule has 0 aliphatic rings. The Morgan fingerprint density at radius 3 is 1.81 bits per heavy atom. The van der Waals surface area contributed by atoms with Gasteiger partial charge in [-0.25, -0.2) is 0 Å². The van der Waals surface area contributed by atoms with E-state index < -0.39 is 6.00 Å². The Hall–Kier alpha value is 0.827. The van der Waals surface area contributed by atoms with Crippen LogP contribution in [0.2, 0.25) is 0 Å². The Kier molecular flexibility index (Phi) is 11.5. The lowest BCUT2D eigenvalue weighted by molar-refractivity contribution is 0.577. The van der Waals surface area contributed by atoms with Crippen molar-refractivity contribution in [1.82, 2.24) is 0 Å². The molecule has 0 saturated carbocycles. The minimum Gasteiger partial charge on any atom is -0.121 e. The molecule has 4 heteroatoms. The summed E-state index contributed by atoms with van der Waals surface area (Å²) in [5.41, 5.74) is 1.78. The normalized spacial score (nSPS) is 12.5. The van der Waals surface area contributed by atoms with Crippen LogP contribution in [0.1, 0.15) is 64.7 Å². The average molecular weight is 302 g/mol. The molecule has 0 aromatic heterocycles. The van der Waals surface area contributed by atoms with E-state index in [1.807, 2.05) is 6.08 Å². The Morgan fingerprint density at radius 2 is 1.31 bits per heavy atom. The van der Waals surface area contributed by atoms with Crippen LogP contribution in [-0.2, 0) is 0 Å². The molecule has 96 valence electrons. The number of halogens is 3. The molecule has 0 rings (SSSR count). The van der Waals surface area contributed by atoms with Crippen molar-refractivity contribution in [2.75, 3.05) is 0 Å². The number of rotatable bonds is 10. The molecule has 0 saturated heterocycles. The molecule has 16 heavy (non-hydrogen) atoms. The summed E-state index contributed by atoms with van der Waals surface area (Å²) in [6, 6.07) is -2.51. The van der Waals surface area contributed by atoms with Gasteiger partial charge >= 0.3 is 6.00 Å². The Morgan fingerprint density at radius 1 is 0.812 bits per heavy atom. The third kappa shape index (κ3) is 14.8. The van der Waals surface area contributed by atoms with Crippen molar-refractivity contribution in [2.24, 2.45) is 0 Å². The van der Waals surface area contributed by atoms with Gasteiger partial charge in [-0.1, -0.05) is 63.6 Å². The summed E-state index contributed by atoms with van der Waals surface area (Å²) >= 11 is 17.2. The van der Waals surface area contributed by atoms with Crippen LogP contribution in [-0.4, -0.2) is 6.00 Å². The second-order valence-electron chi connectivity index (χ2n) is 4.21. The molecule has 0 N–H and O–H groups in total. The minimum absolute atomic E-state index is 1.05. The fourth-order valence-corrected chi connectivity index (χ4v) is 2.85. The molecule has 0 aromatic carbocycles. The lowest BCUT2D eigenvalue weighted by Crippen LogP contribution is -2.02. The fraction of sp³-hybridized carbons (Fsp3) is 0.833. The van der Waals surface area contributed by atoms with Crippen molar-refractivity contribution in [1.29, 1.82) is 0 Å². The first kappa shape index (κ1) is 16.8. The smallest absolute Gasteiger partial charge is 0.121 e. The number of hydrogen-bond donors (Lipinski definition) is 0. The van der Waals surface area contributed by atoms with Crippen LogP contribution < -0.4 is 0 Å². The van der Waals surface area contributed by atoms with E-state index in [1.54, 1.807) is 5.70 Å². The highest BCUT2D eigenvalue weighted by Crippen LogP contribution is 2.21. The highest BCUT2D eigenvalue weighted by molar-refractivity contribution is 7.66. The third-order valence-electron chi connectivity index (χ3n) is 2.53. The molecule has 0 fully saturated rings. The van der Waals surface area contributed by atoms with Crippen LogP contribution in [0.4, 0.5) is 0 Å². The summed E-state index contributed by atoms with van der Waals surface area (Å²) in [5, 5.41) is 0. The van der Waals surface area contributed by atoms with Crippen LogP contribution in [0, 0.1) is 0 Å². The molecular weight excluding hydrogens is 279 g/mol. The number of hydrogen-bond acceptors (Lipinski definition) is 0. The van der Waals surface area contributed by atoms with Gasteiger partial charge in [0.2, 0.25) is 0 Å². The first-order chi connectivity index (χ1) is 7.56. The van der Waals surface area contributed by atoms with Gasteiger partial charge in [0.15, 0.2) is 0 Å². The van der Waals surface area contributed by atoms with E-state index in [0.29, 0.717) is 0 Å². The summed E-state index contributed by atoms with van der Waals surface area (Å²) in [6.07, 6.45) is 13.8. The van der Waals surface area contributed by atoms with E-state index in [2.05, 4.69) is 6.92 Å². The van der Waals surface area contributed by atoms with E-state index in [9.17, 15) is 0 Å². The lowest BCUT2D eigenvalue weighted by Gasteiger charge is -2.01. The predicted octanol–water partition coefficient (Wildman–Crippen LogP) is 6.27. The molecule has 0 aromatic rings. The van der Waals surface area contributed by atoms with E-state index in [0.717, 1.165) is 6.42 Å². The molecule has 0 amide bonds. The molecule has 0 aliphatic carbocycles. The van der Waals surface area contributed by atoms with Crippen LogP contribution in [0.15, 0.2) is 11.8 Å². The SMILES string of the molecule is CCCCCCCCCCC=C[Si](Cl)(Cl)Cl. The molecule has 0 unspecified atom stereocenters. The molecule has 0 nitrogen and oxygen atoms in total. The van der Waals surface area contributed by atoms with Crippen molar-refractivity contribution in [3.05, 3.63) is 11.8 Å². The molecule has 0 atom stereocenters. The zero-order valence-corrected chi connectivity index (χ0v) is 13.4. The monoisotopic (exact) mass is 300 g/mol. The van der Waals surface area contributed by atoms with Gasteiger partial charge in [-0.3, -0.25) is 0 Å². The van der Waals surface area contributed by atoms with Gasteiger partial charge in [-0.2, -0.15) is 0 Å². The van der Waals surface area contributed by atoms with Crippen LogP contribution in [0.25, 0.3) is 0 Å². The molecule has 0 radical (unpaired) electrons. The summed E-state index contributed by atoms with van der Waals surface area (Å²) in [7, 11) is 0. The highest BCUT2D eigenvalue weighted by Gasteiger charge is 2.19. The Balaban J connectivity index is 3.13. The Bertz CT molecular complexity index is 176. The number of unbranched alkanes of at least 4 members (excludes halogenated alkanes) is 8. The maximum absolute atomic E-state index is 5.73.